The zero-order chi connectivity index (χ0) is 31.0. The van der Waals surface area contributed by atoms with Crippen LogP contribution in [0.4, 0.5) is 13.2 Å². The lowest BCUT2D eigenvalue weighted by Gasteiger charge is -2.23. The number of hydrogen-bond acceptors (Lipinski definition) is 0. The highest BCUT2D eigenvalue weighted by molar-refractivity contribution is 5.53. The highest BCUT2D eigenvalue weighted by Gasteiger charge is 2.18. The van der Waals surface area contributed by atoms with E-state index in [-0.39, 0.29) is 22.6 Å². The molecule has 0 fully saturated rings. The van der Waals surface area contributed by atoms with Gasteiger partial charge in [-0.3, -0.25) is 0 Å². The van der Waals surface area contributed by atoms with E-state index in [0.717, 1.165) is 19.3 Å². The summed E-state index contributed by atoms with van der Waals surface area (Å²) in [6, 6.07) is 0. The molecule has 0 aromatic rings. The number of allylic oxidation sites excluding steroid dienone is 14. The molecule has 0 aromatic heterocycles. The van der Waals surface area contributed by atoms with Crippen LogP contribution in [-0.2, 0) is 0 Å². The number of hydrogen-bond donors (Lipinski definition) is 0. The van der Waals surface area contributed by atoms with E-state index in [2.05, 4.69) is 67.2 Å². The molecule has 0 radical (unpaired) electrons. The van der Waals surface area contributed by atoms with E-state index < -0.39 is 17.5 Å². The summed E-state index contributed by atoms with van der Waals surface area (Å²) in [5.74, 6) is -0.625. The fourth-order valence-corrected chi connectivity index (χ4v) is 3.97. The van der Waals surface area contributed by atoms with Gasteiger partial charge in [-0.05, 0) is 96.6 Å². The van der Waals surface area contributed by atoms with Gasteiger partial charge in [-0.1, -0.05) is 111 Å². The molecule has 0 nitrogen and oxygen atoms in total. The van der Waals surface area contributed by atoms with Crippen molar-refractivity contribution >= 4 is 0 Å². The van der Waals surface area contributed by atoms with E-state index >= 15 is 0 Å². The quantitative estimate of drug-likeness (QED) is 0.0797. The molecule has 222 valence electrons. The summed E-state index contributed by atoms with van der Waals surface area (Å²) in [5.41, 5.74) is 1.28. The first-order valence-corrected chi connectivity index (χ1v) is 14.5. The molecule has 0 rings (SSSR count). The van der Waals surface area contributed by atoms with Gasteiger partial charge in [0.1, 0.15) is 5.83 Å². The van der Waals surface area contributed by atoms with Gasteiger partial charge in [0.2, 0.25) is 0 Å². The van der Waals surface area contributed by atoms with Crippen LogP contribution in [0.5, 0.6) is 0 Å². The van der Waals surface area contributed by atoms with E-state index in [1.807, 2.05) is 26.0 Å². The monoisotopic (exact) mass is 554 g/mol. The molecular formula is C37H53F3. The van der Waals surface area contributed by atoms with Crippen molar-refractivity contribution < 1.29 is 13.2 Å². The van der Waals surface area contributed by atoms with Gasteiger partial charge in [-0.2, -0.15) is 0 Å². The van der Waals surface area contributed by atoms with Crippen LogP contribution in [0.15, 0.2) is 121 Å². The van der Waals surface area contributed by atoms with Gasteiger partial charge in [-0.25, -0.2) is 13.2 Å². The molecule has 0 N–H and O–H groups in total. The van der Waals surface area contributed by atoms with E-state index in [9.17, 15) is 13.2 Å². The average Bonchev–Trinajstić information content (AvgIpc) is 2.92. The molecule has 0 bridgehead atoms. The summed E-state index contributed by atoms with van der Waals surface area (Å²) >= 11 is 0. The van der Waals surface area contributed by atoms with Crippen LogP contribution in [0.1, 0.15) is 86.5 Å². The lowest BCUT2D eigenvalue weighted by atomic mass is 9.83. The van der Waals surface area contributed by atoms with Gasteiger partial charge in [-0.15, -0.1) is 0 Å². The van der Waals surface area contributed by atoms with E-state index in [1.165, 1.54) is 31.1 Å². The van der Waals surface area contributed by atoms with Gasteiger partial charge in [0.15, 0.2) is 11.7 Å². The molecule has 0 aliphatic rings. The van der Waals surface area contributed by atoms with Crippen molar-refractivity contribution in [2.45, 2.75) is 86.5 Å². The second-order valence-corrected chi connectivity index (χ2v) is 11.5. The first kappa shape index (κ1) is 37.2. The Labute approximate surface area is 243 Å². The summed E-state index contributed by atoms with van der Waals surface area (Å²) in [5, 5.41) is 0. The molecule has 3 heteroatoms. The highest BCUT2D eigenvalue weighted by atomic mass is 19.2. The summed E-state index contributed by atoms with van der Waals surface area (Å²) in [6.07, 6.45) is 14.3. The average molecular weight is 555 g/mol. The van der Waals surface area contributed by atoms with E-state index in [1.54, 1.807) is 0 Å². The maximum absolute atomic E-state index is 15.0. The predicted molar refractivity (Wildman–Crippen MR) is 172 cm³/mol. The van der Waals surface area contributed by atoms with Gasteiger partial charge < -0.3 is 0 Å². The minimum Gasteiger partial charge on any atom is -0.207 e. The van der Waals surface area contributed by atoms with E-state index in [4.69, 9.17) is 0 Å². The Balaban J connectivity index is 5.05. The van der Waals surface area contributed by atoms with E-state index in [0.29, 0.717) is 47.3 Å². The summed E-state index contributed by atoms with van der Waals surface area (Å²) in [4.78, 5) is 0. The zero-order valence-electron chi connectivity index (χ0n) is 26.0. The molecule has 0 aliphatic carbocycles. The lowest BCUT2D eigenvalue weighted by molar-refractivity contribution is 0.305. The topological polar surface area (TPSA) is 0 Å². The molecule has 3 unspecified atom stereocenters. The maximum atomic E-state index is 15.0. The molecule has 3 atom stereocenters. The van der Waals surface area contributed by atoms with Crippen molar-refractivity contribution in [3.8, 4) is 0 Å². The van der Waals surface area contributed by atoms with Gasteiger partial charge in [0, 0.05) is 5.57 Å². The fourth-order valence-electron chi connectivity index (χ4n) is 3.97. The van der Waals surface area contributed by atoms with Crippen molar-refractivity contribution in [3.63, 3.8) is 0 Å². The third-order valence-electron chi connectivity index (χ3n) is 7.57. The van der Waals surface area contributed by atoms with Crippen LogP contribution in [0.25, 0.3) is 0 Å². The Morgan fingerprint density at radius 3 is 1.80 bits per heavy atom. The van der Waals surface area contributed by atoms with Crippen LogP contribution >= 0.6 is 0 Å². The first-order valence-electron chi connectivity index (χ1n) is 14.5. The van der Waals surface area contributed by atoms with Crippen molar-refractivity contribution in [2.75, 3.05) is 0 Å². The van der Waals surface area contributed by atoms with Crippen LogP contribution in [-0.4, -0.2) is 0 Å². The first-order chi connectivity index (χ1) is 18.6. The number of halogens is 3. The van der Waals surface area contributed by atoms with Crippen molar-refractivity contribution in [3.05, 3.63) is 121 Å². The minimum atomic E-state index is -1.09. The molecule has 0 spiro atoms. The minimum absolute atomic E-state index is 0.00164. The van der Waals surface area contributed by atoms with Crippen LogP contribution < -0.4 is 0 Å². The summed E-state index contributed by atoms with van der Waals surface area (Å²) in [6.45, 7) is 35.8. The Bertz CT molecular complexity index is 1040. The molecule has 0 heterocycles. The summed E-state index contributed by atoms with van der Waals surface area (Å²) < 4.78 is 44.1. The third kappa shape index (κ3) is 14.0. The van der Waals surface area contributed by atoms with Crippen molar-refractivity contribution in [1.82, 2.24) is 0 Å². The van der Waals surface area contributed by atoms with Crippen LogP contribution in [0.3, 0.4) is 0 Å². The smallest absolute Gasteiger partial charge is 0.166 e. The Hall–Kier alpha value is -2.81. The molecule has 0 saturated heterocycles. The second-order valence-electron chi connectivity index (χ2n) is 11.5. The molecule has 40 heavy (non-hydrogen) atoms. The molecule has 0 saturated carbocycles. The Morgan fingerprint density at radius 1 is 0.700 bits per heavy atom. The second kappa shape index (κ2) is 19.3. The normalized spacial score (nSPS) is 15.2. The van der Waals surface area contributed by atoms with Crippen molar-refractivity contribution in [1.29, 1.82) is 0 Å². The molecular weight excluding hydrogens is 501 g/mol. The molecule has 0 aliphatic heterocycles. The fraction of sp³-hybridized carbons (Fsp3) is 0.459. The maximum Gasteiger partial charge on any atom is 0.166 e. The highest BCUT2D eigenvalue weighted by Crippen LogP contribution is 2.31. The predicted octanol–water partition coefficient (Wildman–Crippen LogP) is 12.8. The zero-order valence-corrected chi connectivity index (χ0v) is 26.0. The van der Waals surface area contributed by atoms with Gasteiger partial charge >= 0.3 is 0 Å². The Kier molecular flexibility index (Phi) is 17.9. The third-order valence-corrected chi connectivity index (χ3v) is 7.57. The number of rotatable bonds is 20. The van der Waals surface area contributed by atoms with Gasteiger partial charge in [0.25, 0.3) is 0 Å². The standard InChI is InChI=1S/C37H53F3/c1-13-14-15-16-17-31(9)36(39)37(40)34(12)30(8)23-21-28(6)32(10)24-35(38)33(11)29(7)22-20-27(5)26(4)19-18-25(2)3/h13-14,21,23-27,29H,6,8-12,15-20,22H2,1-5,7H3/b14-13-,23-21-,35-24+,37-36-. The lowest BCUT2D eigenvalue weighted by Crippen LogP contribution is -2.11. The Morgan fingerprint density at radius 2 is 1.25 bits per heavy atom. The number of unbranched alkanes of at least 4 members (excludes halogenated alkanes) is 1. The van der Waals surface area contributed by atoms with Crippen LogP contribution in [0, 0.1) is 23.7 Å². The largest absolute Gasteiger partial charge is 0.207 e. The SMILES string of the molecule is C=C(/C=C\C(=C)C(=C)/C(F)=C(/F)C(=C)CCC/C=C\C)C(=C)/C=C(/F)C(=C)C(C)CCC(C)C(C)CCC(C)C. The van der Waals surface area contributed by atoms with Crippen molar-refractivity contribution in [2.24, 2.45) is 23.7 Å². The van der Waals surface area contributed by atoms with Crippen LogP contribution in [0.2, 0.25) is 0 Å². The molecule has 0 aromatic carbocycles. The summed E-state index contributed by atoms with van der Waals surface area (Å²) in [7, 11) is 0. The van der Waals surface area contributed by atoms with Gasteiger partial charge in [0.05, 0.1) is 0 Å². The molecule has 0 amide bonds.